The van der Waals surface area contributed by atoms with E-state index in [0.29, 0.717) is 23.3 Å². The monoisotopic (exact) mass is 548 g/mol. The molecule has 0 aliphatic heterocycles. The fourth-order valence-electron chi connectivity index (χ4n) is 9.78. The molecule has 33 heavy (non-hydrogen) atoms. The first-order valence-corrected chi connectivity index (χ1v) is 12.6. The number of halogens is 1. The summed E-state index contributed by atoms with van der Waals surface area (Å²) in [5.74, 6) is 0.901. The Morgan fingerprint density at radius 2 is 1.76 bits per heavy atom. The van der Waals surface area contributed by atoms with Gasteiger partial charge in [0.2, 0.25) is 0 Å². The van der Waals surface area contributed by atoms with Crippen LogP contribution in [-0.4, -0.2) is 27.5 Å². The number of carboxylic acids is 1. The zero-order chi connectivity index (χ0) is 22.7. The van der Waals surface area contributed by atoms with Crippen LogP contribution in [0.4, 0.5) is 0 Å². The highest BCUT2D eigenvalue weighted by Crippen LogP contribution is 3.11. The third kappa shape index (κ3) is 1.54. The summed E-state index contributed by atoms with van der Waals surface area (Å²) in [4.78, 5) is 30.9. The minimum absolute atomic E-state index is 0.0391. The highest BCUT2D eigenvalue weighted by Gasteiger charge is 3.16. The SMILES string of the molecule is Cc1c(-c2ccccc2)nc2ccc(I)cc2c1C(=O)NC12C3C4C1C1(C)C2C3C41C(=O)O. The molecule has 4 atom stereocenters. The summed E-state index contributed by atoms with van der Waals surface area (Å²) in [5, 5.41) is 14.2. The standard InChI is InChI=1S/C27H21IN2O3/c1-11-16(14-10-13(28)8-9-15(14)29-20(11)12-6-4-3-5-7-12)23(31)30-27-17-18-21(27)25(2)22(27)19(17)26(18,25)24(32)33/h3-10,17-19,21-22H,1-2H3,(H,30,31)(H,32,33). The van der Waals surface area contributed by atoms with Crippen molar-refractivity contribution in [1.82, 2.24) is 10.3 Å². The molecule has 6 aliphatic carbocycles. The van der Waals surface area contributed by atoms with Gasteiger partial charge in [-0.15, -0.1) is 0 Å². The third-order valence-electron chi connectivity index (χ3n) is 10.5. The Morgan fingerprint density at radius 1 is 1.06 bits per heavy atom. The topological polar surface area (TPSA) is 79.3 Å². The van der Waals surface area contributed by atoms with E-state index < -0.39 is 11.4 Å². The van der Waals surface area contributed by atoms with Crippen molar-refractivity contribution in [2.24, 2.45) is 40.4 Å². The van der Waals surface area contributed by atoms with Crippen molar-refractivity contribution in [1.29, 1.82) is 0 Å². The summed E-state index contributed by atoms with van der Waals surface area (Å²) in [7, 11) is 0. The Labute approximate surface area is 204 Å². The van der Waals surface area contributed by atoms with Gasteiger partial charge in [0.05, 0.1) is 27.7 Å². The summed E-state index contributed by atoms with van der Waals surface area (Å²) in [6.07, 6.45) is 0. The highest BCUT2D eigenvalue weighted by molar-refractivity contribution is 14.1. The number of aromatic nitrogens is 1. The van der Waals surface area contributed by atoms with Crippen LogP contribution in [0.5, 0.6) is 0 Å². The molecule has 9 rings (SSSR count). The minimum atomic E-state index is -0.610. The first-order chi connectivity index (χ1) is 15.8. The van der Waals surface area contributed by atoms with Crippen molar-refractivity contribution in [2.75, 3.05) is 0 Å². The van der Waals surface area contributed by atoms with Crippen LogP contribution in [0.1, 0.15) is 22.8 Å². The zero-order valence-corrected chi connectivity index (χ0v) is 20.3. The summed E-state index contributed by atoms with van der Waals surface area (Å²) in [5.41, 5.74) is 3.47. The molecular weight excluding hydrogens is 527 g/mol. The second-order valence-electron chi connectivity index (χ2n) is 10.9. The number of nitrogens with one attached hydrogen (secondary N) is 1. The van der Waals surface area contributed by atoms with E-state index in [-0.39, 0.29) is 28.7 Å². The maximum atomic E-state index is 13.9. The summed E-state index contributed by atoms with van der Waals surface area (Å²) in [6.45, 7) is 4.13. The Balaban J connectivity index is 1.22. The van der Waals surface area contributed by atoms with Crippen molar-refractivity contribution >= 4 is 45.4 Å². The van der Waals surface area contributed by atoms with Gasteiger partial charge >= 0.3 is 5.97 Å². The van der Waals surface area contributed by atoms with Gasteiger partial charge in [0, 0.05) is 14.5 Å². The van der Waals surface area contributed by atoms with Crippen LogP contribution in [0.2, 0.25) is 0 Å². The molecule has 6 fully saturated rings. The molecule has 164 valence electrons. The molecule has 6 heteroatoms. The van der Waals surface area contributed by atoms with Crippen LogP contribution in [0.3, 0.4) is 0 Å². The number of fused-ring (bicyclic) bond motifs is 1. The van der Waals surface area contributed by atoms with Gasteiger partial charge in [0.1, 0.15) is 0 Å². The smallest absolute Gasteiger partial charge is 0.310 e. The average Bonchev–Trinajstić information content (AvgIpc) is 2.78. The number of carbonyl (C=O) groups is 2. The summed E-state index contributed by atoms with van der Waals surface area (Å²) >= 11 is 2.28. The number of pyridine rings is 1. The number of rotatable bonds is 4. The van der Waals surface area contributed by atoms with Crippen LogP contribution in [0, 0.1) is 50.9 Å². The molecule has 0 radical (unpaired) electrons. The predicted octanol–water partition coefficient (Wildman–Crippen LogP) is 4.51. The molecule has 3 aromatic rings. The maximum absolute atomic E-state index is 13.9. The van der Waals surface area contributed by atoms with Gasteiger partial charge < -0.3 is 10.4 Å². The van der Waals surface area contributed by atoms with Crippen LogP contribution >= 0.6 is 22.6 Å². The van der Waals surface area contributed by atoms with E-state index in [4.69, 9.17) is 4.98 Å². The molecule has 4 unspecified atom stereocenters. The van der Waals surface area contributed by atoms with Gasteiger partial charge in [-0.05, 0) is 88.3 Å². The lowest BCUT2D eigenvalue weighted by molar-refractivity contribution is -0.650. The Hall–Kier alpha value is -2.48. The van der Waals surface area contributed by atoms with E-state index in [1.54, 1.807) is 0 Å². The largest absolute Gasteiger partial charge is 0.481 e. The molecule has 0 bridgehead atoms. The van der Waals surface area contributed by atoms with Crippen molar-refractivity contribution < 1.29 is 14.7 Å². The van der Waals surface area contributed by atoms with Gasteiger partial charge in [0.25, 0.3) is 5.91 Å². The van der Waals surface area contributed by atoms with E-state index in [0.717, 1.165) is 31.3 Å². The lowest BCUT2D eigenvalue weighted by Gasteiger charge is -3.13. The van der Waals surface area contributed by atoms with Crippen LogP contribution in [-0.2, 0) is 4.79 Å². The van der Waals surface area contributed by atoms with Crippen molar-refractivity contribution in [2.45, 2.75) is 19.4 Å². The lowest BCUT2D eigenvalue weighted by Crippen LogP contribution is -3.19. The number of hydrogen-bond donors (Lipinski definition) is 2. The van der Waals surface area contributed by atoms with Gasteiger partial charge in [-0.2, -0.15) is 0 Å². The van der Waals surface area contributed by atoms with Gasteiger partial charge in [-0.3, -0.25) is 9.59 Å². The number of hydrogen-bond acceptors (Lipinski definition) is 3. The molecule has 2 aromatic carbocycles. The van der Waals surface area contributed by atoms with E-state index in [9.17, 15) is 14.7 Å². The third-order valence-corrected chi connectivity index (χ3v) is 11.1. The quantitative estimate of drug-likeness (QED) is 0.471. The second-order valence-corrected chi connectivity index (χ2v) is 12.1. The Morgan fingerprint density at radius 3 is 2.39 bits per heavy atom. The number of benzene rings is 2. The molecule has 1 amide bonds. The Bertz CT molecular complexity index is 1460. The number of carbonyl (C=O) groups excluding carboxylic acids is 1. The zero-order valence-electron chi connectivity index (χ0n) is 18.1. The van der Waals surface area contributed by atoms with Gasteiger partial charge in [-0.25, -0.2) is 4.98 Å². The average molecular weight is 548 g/mol. The molecule has 1 heterocycles. The number of amides is 1. The first-order valence-electron chi connectivity index (χ1n) is 11.5. The lowest BCUT2D eigenvalue weighted by atomic mass is 8.90. The van der Waals surface area contributed by atoms with Crippen LogP contribution < -0.4 is 5.32 Å². The van der Waals surface area contributed by atoms with E-state index in [1.165, 1.54) is 0 Å². The van der Waals surface area contributed by atoms with E-state index >= 15 is 0 Å². The second kappa shape index (κ2) is 5.27. The van der Waals surface area contributed by atoms with Gasteiger partial charge in [0.15, 0.2) is 0 Å². The fraction of sp³-hybridized carbons (Fsp3) is 0.370. The molecule has 1 aromatic heterocycles. The first kappa shape index (κ1) is 18.9. The predicted molar refractivity (Wildman–Crippen MR) is 130 cm³/mol. The van der Waals surface area contributed by atoms with Crippen LogP contribution in [0.15, 0.2) is 48.5 Å². The normalized spacial score (nSPS) is 41.6. The van der Waals surface area contributed by atoms with Crippen LogP contribution in [0.25, 0.3) is 22.2 Å². The molecule has 2 N–H and O–H groups in total. The highest BCUT2D eigenvalue weighted by atomic mass is 127. The number of nitrogens with zero attached hydrogens (tertiary/aromatic N) is 1. The van der Waals surface area contributed by atoms with E-state index in [1.807, 2.05) is 55.5 Å². The maximum Gasteiger partial charge on any atom is 0.310 e. The number of carboxylic acid groups (broad SMARTS) is 1. The molecule has 5 nitrogen and oxygen atoms in total. The van der Waals surface area contributed by atoms with Crippen molar-refractivity contribution in [3.05, 3.63) is 63.2 Å². The molecule has 0 saturated heterocycles. The summed E-state index contributed by atoms with van der Waals surface area (Å²) in [6, 6.07) is 16.1. The molecule has 0 spiro atoms. The fourth-order valence-corrected chi connectivity index (χ4v) is 10.3. The van der Waals surface area contributed by atoms with Crippen molar-refractivity contribution in [3.8, 4) is 11.3 Å². The molecular formula is C27H21IN2O3. The van der Waals surface area contributed by atoms with E-state index in [2.05, 4.69) is 34.8 Å². The molecule has 6 saturated carbocycles. The van der Waals surface area contributed by atoms with Gasteiger partial charge in [-0.1, -0.05) is 37.3 Å². The molecule has 6 aliphatic rings. The summed E-state index contributed by atoms with van der Waals surface area (Å²) < 4.78 is 1.06. The minimum Gasteiger partial charge on any atom is -0.481 e. The van der Waals surface area contributed by atoms with Crippen molar-refractivity contribution in [3.63, 3.8) is 0 Å². The Kier molecular flexibility index (Phi) is 3.02. The number of aliphatic carboxylic acids is 1.